The zero-order valence-corrected chi connectivity index (χ0v) is 25.4. The second-order valence-corrected chi connectivity index (χ2v) is 10.8. The van der Waals surface area contributed by atoms with Crippen molar-refractivity contribution in [2.75, 3.05) is 0 Å². The number of alkyl halides is 22. The number of esters is 2. The molecule has 54 heavy (non-hydrogen) atoms. The Balaban J connectivity index is 0.000000541. The first-order valence-corrected chi connectivity index (χ1v) is 13.2. The molecule has 0 saturated carbocycles. The van der Waals surface area contributed by atoms with Gasteiger partial charge in [0, 0.05) is 12.8 Å². The third kappa shape index (κ3) is 9.05. The minimum Gasteiger partial charge on any atom is -0.452 e. The fraction of sp³-hybridized carbons (Fsp3) is 0.750. The van der Waals surface area contributed by atoms with Crippen LogP contribution in [0.15, 0.2) is 24.3 Å². The van der Waals surface area contributed by atoms with Crippen molar-refractivity contribution < 1.29 is 135 Å². The van der Waals surface area contributed by atoms with Crippen LogP contribution in [-0.4, -0.2) is 107 Å². The molecule has 30 heteroatoms. The lowest BCUT2D eigenvalue weighted by molar-refractivity contribution is -0.504. The Morgan fingerprint density at radius 3 is 1.30 bits per heavy atom. The zero-order valence-electron chi connectivity index (χ0n) is 25.4. The summed E-state index contributed by atoms with van der Waals surface area (Å²) in [5.74, 6) is -28.6. The second kappa shape index (κ2) is 14.3. The van der Waals surface area contributed by atoms with Gasteiger partial charge in [-0.15, -0.1) is 0 Å². The lowest BCUT2D eigenvalue weighted by atomic mass is 9.82. The summed E-state index contributed by atoms with van der Waals surface area (Å²) in [6.45, 7) is 4.81. The Kier molecular flexibility index (Phi) is 12.9. The van der Waals surface area contributed by atoms with Gasteiger partial charge in [-0.2, -0.15) is 96.6 Å². The molecule has 2 aliphatic rings. The SMILES string of the molecule is C=C(C(=O)OC1CC(C(F)(F)F)OC(O)(C(F)(F)F)C1(F)F)C(F)(F)F.C=C(C(=O)OC1CC(CC)(C(F)(F)F)OC(O)(C(F)(F)F)C1(F)F)C(F)(F)F. The molecular formula is C24H18F22O8. The van der Waals surface area contributed by atoms with Gasteiger partial charge < -0.3 is 29.2 Å². The number of halogens is 22. The number of rotatable bonds is 5. The van der Waals surface area contributed by atoms with Gasteiger partial charge in [0.25, 0.3) is 0 Å². The minimum atomic E-state index is -6.55. The molecule has 0 bridgehead atoms. The first kappa shape index (κ1) is 48.7. The van der Waals surface area contributed by atoms with Crippen LogP contribution < -0.4 is 0 Å². The number of ether oxygens (including phenoxy) is 4. The highest BCUT2D eigenvalue weighted by atomic mass is 19.4. The molecule has 2 saturated heterocycles. The van der Waals surface area contributed by atoms with Crippen molar-refractivity contribution in [1.82, 2.24) is 0 Å². The van der Waals surface area contributed by atoms with Gasteiger partial charge in [0.2, 0.25) is 0 Å². The van der Waals surface area contributed by atoms with Crippen molar-refractivity contribution in [2.24, 2.45) is 0 Å². The van der Waals surface area contributed by atoms with Gasteiger partial charge in [-0.25, -0.2) is 9.59 Å². The van der Waals surface area contributed by atoms with Crippen LogP contribution in [0.5, 0.6) is 0 Å². The molecule has 0 spiro atoms. The Morgan fingerprint density at radius 1 is 0.648 bits per heavy atom. The van der Waals surface area contributed by atoms with E-state index in [1.807, 2.05) is 0 Å². The summed E-state index contributed by atoms with van der Waals surface area (Å²) in [4.78, 5) is 22.4. The monoisotopic (exact) mass is 852 g/mol. The average Bonchev–Trinajstić information content (AvgIpc) is 2.93. The molecular weight excluding hydrogens is 834 g/mol. The summed E-state index contributed by atoms with van der Waals surface area (Å²) in [5, 5.41) is 18.3. The predicted octanol–water partition coefficient (Wildman–Crippen LogP) is 7.29. The zero-order chi connectivity index (χ0) is 43.5. The first-order chi connectivity index (χ1) is 23.4. The van der Waals surface area contributed by atoms with Gasteiger partial charge in [-0.3, -0.25) is 0 Å². The highest BCUT2D eigenvalue weighted by molar-refractivity contribution is 5.89. The smallest absolute Gasteiger partial charge is 0.449 e. The van der Waals surface area contributed by atoms with E-state index in [2.05, 4.69) is 32.1 Å². The van der Waals surface area contributed by atoms with Gasteiger partial charge in [0.05, 0.1) is 0 Å². The van der Waals surface area contributed by atoms with Crippen LogP contribution in [0.3, 0.4) is 0 Å². The molecule has 6 unspecified atom stereocenters. The fourth-order valence-electron chi connectivity index (χ4n) is 4.10. The topological polar surface area (TPSA) is 112 Å². The molecule has 8 nitrogen and oxygen atoms in total. The molecule has 2 N–H and O–H groups in total. The van der Waals surface area contributed by atoms with E-state index >= 15 is 0 Å². The summed E-state index contributed by atoms with van der Waals surface area (Å²) in [5.41, 5.74) is -9.03. The second-order valence-electron chi connectivity index (χ2n) is 10.8. The maximum absolute atomic E-state index is 14.2. The summed E-state index contributed by atoms with van der Waals surface area (Å²) >= 11 is 0. The maximum Gasteiger partial charge on any atom is 0.449 e. The van der Waals surface area contributed by atoms with E-state index in [9.17, 15) is 111 Å². The van der Waals surface area contributed by atoms with E-state index in [4.69, 9.17) is 5.11 Å². The predicted molar refractivity (Wildman–Crippen MR) is 122 cm³/mol. The van der Waals surface area contributed by atoms with Gasteiger partial charge >= 0.3 is 72.4 Å². The average molecular weight is 852 g/mol. The van der Waals surface area contributed by atoms with Gasteiger partial charge in [0.15, 0.2) is 23.9 Å². The molecule has 2 aliphatic heterocycles. The lowest BCUT2D eigenvalue weighted by Crippen LogP contribution is -2.75. The third-order valence-corrected chi connectivity index (χ3v) is 7.21. The highest BCUT2D eigenvalue weighted by Crippen LogP contribution is 2.58. The largest absolute Gasteiger partial charge is 0.452 e. The quantitative estimate of drug-likeness (QED) is 0.169. The number of aliphatic hydroxyl groups is 2. The Hall–Kier alpha value is -3.28. The van der Waals surface area contributed by atoms with Crippen LogP contribution in [0, 0.1) is 0 Å². The van der Waals surface area contributed by atoms with Crippen LogP contribution >= 0.6 is 0 Å². The standard InChI is InChI=1S/C13H11F11O4.C11H7F11O4/c1-3-8(12(19,20)21)4-6(27-7(25)5(2)10(16,17)18)9(14,15)11(26,28-8)13(22,23)24;1-3(8(14,15)16)6(23)25-4-2-5(9(17,18)19)26-10(24,7(4,12)13)11(20,21)22/h6,26H,2-4H2,1H3;4-5,24H,1-2H2. The van der Waals surface area contributed by atoms with Crippen LogP contribution in [0.25, 0.3) is 0 Å². The summed E-state index contributed by atoms with van der Waals surface area (Å²) < 4.78 is 298. The molecule has 2 fully saturated rings. The molecule has 2 heterocycles. The van der Waals surface area contributed by atoms with Crippen molar-refractivity contribution >= 4 is 11.9 Å². The van der Waals surface area contributed by atoms with Crippen LogP contribution in [0.1, 0.15) is 26.2 Å². The molecule has 0 aromatic rings. The van der Waals surface area contributed by atoms with Crippen molar-refractivity contribution in [3.8, 4) is 0 Å². The van der Waals surface area contributed by atoms with E-state index < -0.39 is 127 Å². The summed E-state index contributed by atoms with van der Waals surface area (Å²) in [7, 11) is 0. The Labute approximate surface area is 283 Å². The van der Waals surface area contributed by atoms with Crippen LogP contribution in [-0.2, 0) is 28.5 Å². The fourth-order valence-corrected chi connectivity index (χ4v) is 4.10. The maximum atomic E-state index is 14.2. The minimum absolute atomic E-state index is 0.557. The Bertz CT molecular complexity index is 1420. The van der Waals surface area contributed by atoms with E-state index in [0.717, 1.165) is 0 Å². The number of hydrogen-bond donors (Lipinski definition) is 2. The van der Waals surface area contributed by atoms with Gasteiger partial charge in [-0.1, -0.05) is 20.1 Å². The summed E-state index contributed by atoms with van der Waals surface area (Å²) in [6, 6.07) is 0. The van der Waals surface area contributed by atoms with Crippen molar-refractivity contribution in [1.29, 1.82) is 0 Å². The highest BCUT2D eigenvalue weighted by Gasteiger charge is 2.82. The van der Waals surface area contributed by atoms with E-state index in [-0.39, 0.29) is 0 Å². The van der Waals surface area contributed by atoms with Crippen LogP contribution in [0.4, 0.5) is 96.6 Å². The molecule has 0 aliphatic carbocycles. The molecule has 316 valence electrons. The van der Waals surface area contributed by atoms with Crippen molar-refractivity contribution in [2.45, 2.75) is 111 Å². The molecule has 0 amide bonds. The molecule has 6 atom stereocenters. The molecule has 0 aromatic carbocycles. The molecule has 2 rings (SSSR count). The molecule has 0 radical (unpaired) electrons. The van der Waals surface area contributed by atoms with E-state index in [1.54, 1.807) is 0 Å². The number of hydrogen-bond acceptors (Lipinski definition) is 8. The normalized spacial score (nSPS) is 30.7. The number of carbonyl (C=O) groups is 2. The summed E-state index contributed by atoms with van der Waals surface area (Å²) in [6.07, 6.45) is -52.9. The number of carbonyl (C=O) groups excluding carboxylic acids is 2. The van der Waals surface area contributed by atoms with Gasteiger partial charge in [-0.05, 0) is 6.42 Å². The lowest BCUT2D eigenvalue weighted by Gasteiger charge is -2.51. The van der Waals surface area contributed by atoms with E-state index in [1.165, 1.54) is 0 Å². The third-order valence-electron chi connectivity index (χ3n) is 7.21. The molecule has 0 aromatic heterocycles. The van der Waals surface area contributed by atoms with Crippen molar-refractivity contribution in [3.63, 3.8) is 0 Å². The van der Waals surface area contributed by atoms with Crippen molar-refractivity contribution in [3.05, 3.63) is 24.3 Å². The Morgan fingerprint density at radius 2 is 1.00 bits per heavy atom. The first-order valence-electron chi connectivity index (χ1n) is 13.2. The van der Waals surface area contributed by atoms with Crippen LogP contribution in [0.2, 0.25) is 0 Å². The van der Waals surface area contributed by atoms with Gasteiger partial charge in [0.1, 0.15) is 11.1 Å². The van der Waals surface area contributed by atoms with E-state index in [0.29, 0.717) is 6.92 Å².